The Morgan fingerprint density at radius 2 is 1.72 bits per heavy atom. The van der Waals surface area contributed by atoms with Crippen LogP contribution in [0, 0.1) is 0 Å². The molecule has 3 aromatic rings. The van der Waals surface area contributed by atoms with Crippen LogP contribution in [0.2, 0.25) is 5.02 Å². The Bertz CT molecular complexity index is 1150. The summed E-state index contributed by atoms with van der Waals surface area (Å²) >= 11 is 9.23. The summed E-state index contributed by atoms with van der Waals surface area (Å²) in [7, 11) is 0. The van der Waals surface area contributed by atoms with Crippen LogP contribution in [-0.4, -0.2) is 24.7 Å². The van der Waals surface area contributed by atoms with Crippen LogP contribution in [0.25, 0.3) is 0 Å². The molecule has 32 heavy (non-hydrogen) atoms. The van der Waals surface area contributed by atoms with Gasteiger partial charge in [0.25, 0.3) is 5.91 Å². The zero-order valence-corrected chi connectivity index (χ0v) is 19.1. The summed E-state index contributed by atoms with van der Waals surface area (Å²) in [6.07, 6.45) is 3.03. The fraction of sp³-hybridized carbons (Fsp3) is 0.0417. The maximum atomic E-state index is 12.4. The Labute approximate surface area is 198 Å². The number of hydrogen-bond acceptors (Lipinski definition) is 5. The van der Waals surface area contributed by atoms with Gasteiger partial charge in [-0.15, -0.1) is 0 Å². The Balaban J connectivity index is 1.67. The van der Waals surface area contributed by atoms with Crippen molar-refractivity contribution in [3.05, 3.63) is 106 Å². The molecule has 1 amide bonds. The first-order valence-corrected chi connectivity index (χ1v) is 10.6. The molecule has 0 saturated carbocycles. The minimum absolute atomic E-state index is 0.287. The van der Waals surface area contributed by atoms with Gasteiger partial charge in [0.05, 0.1) is 11.8 Å². The van der Waals surface area contributed by atoms with Gasteiger partial charge in [-0.25, -0.2) is 10.2 Å². The molecule has 0 fully saturated rings. The monoisotopic (exact) mass is 512 g/mol. The lowest BCUT2D eigenvalue weighted by Crippen LogP contribution is -2.17. The summed E-state index contributed by atoms with van der Waals surface area (Å²) in [5.41, 5.74) is 3.72. The second-order valence-electron chi connectivity index (χ2n) is 6.40. The molecule has 0 aromatic heterocycles. The quantitative estimate of drug-likeness (QED) is 0.139. The minimum Gasteiger partial charge on any atom is -0.490 e. The number of nitrogens with zero attached hydrogens (tertiary/aromatic N) is 1. The van der Waals surface area contributed by atoms with Crippen molar-refractivity contribution in [3.8, 4) is 11.5 Å². The van der Waals surface area contributed by atoms with Crippen LogP contribution in [-0.2, 0) is 0 Å². The Kier molecular flexibility index (Phi) is 8.19. The van der Waals surface area contributed by atoms with Gasteiger partial charge in [-0.3, -0.25) is 4.79 Å². The van der Waals surface area contributed by atoms with E-state index in [-0.39, 0.29) is 5.75 Å². The molecule has 0 atom stereocenters. The molecule has 6 nitrogen and oxygen atoms in total. The molecule has 0 aliphatic carbocycles. The summed E-state index contributed by atoms with van der Waals surface area (Å²) in [6, 6.07) is 18.1. The lowest BCUT2D eigenvalue weighted by Gasteiger charge is -2.08. The Morgan fingerprint density at radius 3 is 2.41 bits per heavy atom. The van der Waals surface area contributed by atoms with E-state index in [1.807, 2.05) is 0 Å². The molecule has 162 valence electrons. The van der Waals surface area contributed by atoms with Crippen LogP contribution in [0.15, 0.2) is 89.0 Å². The smallest absolute Gasteiger partial charge is 0.343 e. The molecule has 3 aromatic carbocycles. The molecule has 0 bridgehead atoms. The molecule has 0 unspecified atom stereocenters. The second kappa shape index (κ2) is 11.3. The number of rotatable bonds is 8. The predicted molar refractivity (Wildman–Crippen MR) is 128 cm³/mol. The normalized spacial score (nSPS) is 10.6. The van der Waals surface area contributed by atoms with Crippen molar-refractivity contribution < 1.29 is 19.1 Å². The van der Waals surface area contributed by atoms with Gasteiger partial charge >= 0.3 is 5.97 Å². The molecular formula is C24H18BrClN2O4. The van der Waals surface area contributed by atoms with Gasteiger partial charge in [0.1, 0.15) is 18.1 Å². The molecule has 0 aliphatic heterocycles. The molecular weight excluding hydrogens is 496 g/mol. The molecule has 0 spiro atoms. The SMILES string of the molecule is C=CCOc1ccc(C(=O)NN=Cc2cc(Br)ccc2OC(=O)c2ccc(Cl)cc2)cc1. The van der Waals surface area contributed by atoms with Gasteiger partial charge in [0.2, 0.25) is 0 Å². The van der Waals surface area contributed by atoms with Crippen LogP contribution < -0.4 is 14.9 Å². The first-order chi connectivity index (χ1) is 15.5. The van der Waals surface area contributed by atoms with E-state index >= 15 is 0 Å². The fourth-order valence-electron chi connectivity index (χ4n) is 2.54. The van der Waals surface area contributed by atoms with Gasteiger partial charge in [-0.2, -0.15) is 5.10 Å². The molecule has 0 heterocycles. The number of halogens is 2. The molecule has 0 saturated heterocycles. The number of nitrogens with one attached hydrogen (secondary N) is 1. The molecule has 0 radical (unpaired) electrons. The third kappa shape index (κ3) is 6.54. The average molecular weight is 514 g/mol. The van der Waals surface area contributed by atoms with Gasteiger partial charge < -0.3 is 9.47 Å². The predicted octanol–water partition coefficient (Wildman–Crippen LogP) is 5.65. The summed E-state index contributed by atoms with van der Waals surface area (Å²) in [5, 5.41) is 4.51. The van der Waals surface area contributed by atoms with Crippen molar-refractivity contribution in [2.24, 2.45) is 5.10 Å². The van der Waals surface area contributed by atoms with Crippen LogP contribution in [0.1, 0.15) is 26.3 Å². The van der Waals surface area contributed by atoms with E-state index in [0.717, 1.165) is 4.47 Å². The van der Waals surface area contributed by atoms with Crippen molar-refractivity contribution in [1.29, 1.82) is 0 Å². The van der Waals surface area contributed by atoms with E-state index in [0.29, 0.717) is 34.1 Å². The summed E-state index contributed by atoms with van der Waals surface area (Å²) < 4.78 is 11.6. The van der Waals surface area contributed by atoms with E-state index in [4.69, 9.17) is 21.1 Å². The van der Waals surface area contributed by atoms with Crippen molar-refractivity contribution in [3.63, 3.8) is 0 Å². The van der Waals surface area contributed by atoms with E-state index in [9.17, 15) is 9.59 Å². The molecule has 8 heteroatoms. The summed E-state index contributed by atoms with van der Waals surface area (Å²) in [6.45, 7) is 3.97. The van der Waals surface area contributed by atoms with E-state index in [2.05, 4.69) is 33.0 Å². The molecule has 1 N–H and O–H groups in total. The number of hydrazone groups is 1. The highest BCUT2D eigenvalue weighted by Gasteiger charge is 2.12. The molecule has 3 rings (SSSR count). The van der Waals surface area contributed by atoms with Crippen molar-refractivity contribution in [2.75, 3.05) is 6.61 Å². The maximum Gasteiger partial charge on any atom is 0.343 e. The number of carbonyl (C=O) groups is 2. The zero-order chi connectivity index (χ0) is 22.9. The van der Waals surface area contributed by atoms with E-state index < -0.39 is 11.9 Å². The second-order valence-corrected chi connectivity index (χ2v) is 7.75. The number of benzene rings is 3. The lowest BCUT2D eigenvalue weighted by molar-refractivity contribution is 0.0734. The highest BCUT2D eigenvalue weighted by molar-refractivity contribution is 9.10. The first kappa shape index (κ1) is 23.2. The van der Waals surface area contributed by atoms with Crippen molar-refractivity contribution in [2.45, 2.75) is 0 Å². The Hall–Kier alpha value is -3.42. The van der Waals surface area contributed by atoms with Gasteiger partial charge in [-0.1, -0.05) is 40.2 Å². The van der Waals surface area contributed by atoms with E-state index in [1.54, 1.807) is 72.8 Å². The van der Waals surface area contributed by atoms with Crippen LogP contribution in [0.3, 0.4) is 0 Å². The third-order valence-electron chi connectivity index (χ3n) is 4.11. The number of ether oxygens (including phenoxy) is 2. The fourth-order valence-corrected chi connectivity index (χ4v) is 3.05. The topological polar surface area (TPSA) is 77.0 Å². The van der Waals surface area contributed by atoms with Gasteiger partial charge in [0.15, 0.2) is 0 Å². The van der Waals surface area contributed by atoms with Crippen molar-refractivity contribution >= 4 is 45.6 Å². The highest BCUT2D eigenvalue weighted by Crippen LogP contribution is 2.23. The largest absolute Gasteiger partial charge is 0.490 e. The Morgan fingerprint density at radius 1 is 1.03 bits per heavy atom. The standard InChI is InChI=1S/C24H18BrClN2O4/c1-2-13-31-21-10-5-16(6-11-21)23(29)28-27-15-18-14-19(25)7-12-22(18)32-24(30)17-3-8-20(26)9-4-17/h2-12,14-15H,1,13H2,(H,28,29). The van der Waals surface area contributed by atoms with Crippen LogP contribution in [0.5, 0.6) is 11.5 Å². The number of hydrogen-bond donors (Lipinski definition) is 1. The maximum absolute atomic E-state index is 12.4. The summed E-state index contributed by atoms with van der Waals surface area (Å²) in [4.78, 5) is 24.7. The first-order valence-electron chi connectivity index (χ1n) is 9.41. The average Bonchev–Trinajstić information content (AvgIpc) is 2.80. The highest BCUT2D eigenvalue weighted by atomic mass is 79.9. The number of amides is 1. The number of carbonyl (C=O) groups excluding carboxylic acids is 2. The summed E-state index contributed by atoms with van der Waals surface area (Å²) in [5.74, 6) is -0.0197. The van der Waals surface area contributed by atoms with Crippen molar-refractivity contribution in [1.82, 2.24) is 5.43 Å². The van der Waals surface area contributed by atoms with Crippen LogP contribution >= 0.6 is 27.5 Å². The van der Waals surface area contributed by atoms with Crippen LogP contribution in [0.4, 0.5) is 0 Å². The lowest BCUT2D eigenvalue weighted by atomic mass is 10.2. The molecule has 0 aliphatic rings. The van der Waals surface area contributed by atoms with Gasteiger partial charge in [0, 0.05) is 20.6 Å². The minimum atomic E-state index is -0.540. The third-order valence-corrected chi connectivity index (χ3v) is 4.85. The van der Waals surface area contributed by atoms with Gasteiger partial charge in [-0.05, 0) is 66.7 Å². The number of esters is 1. The van der Waals surface area contributed by atoms with E-state index in [1.165, 1.54) is 6.21 Å². The zero-order valence-electron chi connectivity index (χ0n) is 16.8.